The van der Waals surface area contributed by atoms with Crippen LogP contribution in [-0.4, -0.2) is 11.0 Å². The van der Waals surface area contributed by atoms with Gasteiger partial charge in [0.15, 0.2) is 0 Å². The van der Waals surface area contributed by atoms with Crippen LogP contribution in [-0.2, 0) is 0 Å². The van der Waals surface area contributed by atoms with E-state index in [4.69, 9.17) is 0 Å². The molecule has 0 saturated carbocycles. The number of nitro benzene ring substituents is 1. The lowest BCUT2D eigenvalue weighted by atomic mass is 10.1. The Morgan fingerprint density at radius 2 is 2.22 bits per heavy atom. The normalized spacial score (nSPS) is 12.2. The number of nitrogens with zero attached hydrogens (tertiary/aromatic N) is 1. The highest BCUT2D eigenvalue weighted by Crippen LogP contribution is 2.31. The Balaban J connectivity index is 2.93. The average Bonchev–Trinajstić information content (AvgIpc) is 2.30. The topological polar surface area (TPSA) is 55.2 Å². The third-order valence-electron chi connectivity index (χ3n) is 2.63. The van der Waals surface area contributed by atoms with Gasteiger partial charge in [-0.1, -0.05) is 19.8 Å². The number of halogens is 2. The molecule has 0 aliphatic rings. The van der Waals surface area contributed by atoms with Crippen molar-refractivity contribution in [3.8, 4) is 0 Å². The summed E-state index contributed by atoms with van der Waals surface area (Å²) >= 11 is 2.95. The molecule has 1 unspecified atom stereocenters. The Labute approximate surface area is 114 Å². The average molecular weight is 319 g/mol. The van der Waals surface area contributed by atoms with Crippen LogP contribution in [0.1, 0.15) is 33.1 Å². The van der Waals surface area contributed by atoms with Crippen LogP contribution in [0.2, 0.25) is 0 Å². The van der Waals surface area contributed by atoms with Gasteiger partial charge in [0.25, 0.3) is 5.69 Å². The molecule has 4 nitrogen and oxygen atoms in total. The second kappa shape index (κ2) is 6.68. The fourth-order valence-corrected chi connectivity index (χ4v) is 1.98. The minimum Gasteiger partial charge on any atom is -0.377 e. The van der Waals surface area contributed by atoms with E-state index in [1.165, 1.54) is 6.07 Å². The van der Waals surface area contributed by atoms with Gasteiger partial charge >= 0.3 is 0 Å². The molecule has 18 heavy (non-hydrogen) atoms. The second-order valence-corrected chi connectivity index (χ2v) is 5.08. The molecule has 0 aromatic heterocycles. The number of hydrogen-bond donors (Lipinski definition) is 1. The maximum atomic E-state index is 13.4. The molecule has 0 amide bonds. The van der Waals surface area contributed by atoms with E-state index in [1.54, 1.807) is 0 Å². The first-order chi connectivity index (χ1) is 8.45. The Kier molecular flexibility index (Phi) is 5.53. The van der Waals surface area contributed by atoms with Crippen molar-refractivity contribution in [3.63, 3.8) is 0 Å². The molecule has 0 fully saturated rings. The minimum absolute atomic E-state index is 0.0734. The van der Waals surface area contributed by atoms with Crippen molar-refractivity contribution >= 4 is 27.3 Å². The van der Waals surface area contributed by atoms with E-state index >= 15 is 0 Å². The van der Waals surface area contributed by atoms with Crippen molar-refractivity contribution < 1.29 is 9.31 Å². The zero-order chi connectivity index (χ0) is 13.7. The van der Waals surface area contributed by atoms with Gasteiger partial charge in [-0.15, -0.1) is 0 Å². The zero-order valence-corrected chi connectivity index (χ0v) is 12.0. The van der Waals surface area contributed by atoms with Crippen molar-refractivity contribution in [2.24, 2.45) is 0 Å². The fraction of sp³-hybridized carbons (Fsp3) is 0.500. The number of anilines is 1. The van der Waals surface area contributed by atoms with Crippen molar-refractivity contribution in [3.05, 3.63) is 32.5 Å². The standard InChI is InChI=1S/C12H16BrFN2O2/c1-3-4-5-8(2)15-11-7-10(14)9(13)6-12(11)16(17)18/h6-8,15H,3-5H2,1-2H3. The van der Waals surface area contributed by atoms with Crippen LogP contribution in [0.3, 0.4) is 0 Å². The molecule has 1 rings (SSSR count). The largest absolute Gasteiger partial charge is 0.377 e. The van der Waals surface area contributed by atoms with Gasteiger partial charge in [0.2, 0.25) is 0 Å². The van der Waals surface area contributed by atoms with Gasteiger partial charge in [-0.05, 0) is 29.3 Å². The highest BCUT2D eigenvalue weighted by molar-refractivity contribution is 9.10. The van der Waals surface area contributed by atoms with E-state index in [9.17, 15) is 14.5 Å². The maximum absolute atomic E-state index is 13.4. The first kappa shape index (κ1) is 14.9. The van der Waals surface area contributed by atoms with E-state index in [2.05, 4.69) is 28.2 Å². The maximum Gasteiger partial charge on any atom is 0.293 e. The van der Waals surface area contributed by atoms with Crippen LogP contribution < -0.4 is 5.32 Å². The Hall–Kier alpha value is -1.17. The molecule has 0 spiro atoms. The third kappa shape index (κ3) is 3.94. The predicted molar refractivity (Wildman–Crippen MR) is 73.4 cm³/mol. The van der Waals surface area contributed by atoms with Crippen molar-refractivity contribution in [1.29, 1.82) is 0 Å². The van der Waals surface area contributed by atoms with Gasteiger partial charge in [0, 0.05) is 18.2 Å². The summed E-state index contributed by atoms with van der Waals surface area (Å²) in [5.41, 5.74) is 0.107. The second-order valence-electron chi connectivity index (χ2n) is 4.23. The lowest BCUT2D eigenvalue weighted by Gasteiger charge is -2.15. The number of nitro groups is 1. The number of hydrogen-bond acceptors (Lipinski definition) is 3. The quantitative estimate of drug-likeness (QED) is 0.621. The van der Waals surface area contributed by atoms with Gasteiger partial charge in [0.05, 0.1) is 9.40 Å². The number of unbranched alkanes of at least 4 members (excludes halogenated alkanes) is 1. The van der Waals surface area contributed by atoms with Crippen LogP contribution >= 0.6 is 15.9 Å². The number of rotatable bonds is 6. The summed E-state index contributed by atoms with van der Waals surface area (Å²) in [5.74, 6) is -0.509. The molecule has 1 aromatic rings. The van der Waals surface area contributed by atoms with Crippen LogP contribution in [0.4, 0.5) is 15.8 Å². The van der Waals surface area contributed by atoms with Crippen molar-refractivity contribution in [2.45, 2.75) is 39.2 Å². The van der Waals surface area contributed by atoms with Crippen LogP contribution in [0.15, 0.2) is 16.6 Å². The van der Waals surface area contributed by atoms with E-state index in [0.29, 0.717) is 0 Å². The first-order valence-corrected chi connectivity index (χ1v) is 6.65. The summed E-state index contributed by atoms with van der Waals surface area (Å²) in [6.07, 6.45) is 2.98. The number of nitrogens with one attached hydrogen (secondary N) is 1. The number of benzene rings is 1. The lowest BCUT2D eigenvalue weighted by molar-refractivity contribution is -0.384. The van der Waals surface area contributed by atoms with E-state index in [0.717, 1.165) is 25.3 Å². The molecule has 6 heteroatoms. The Morgan fingerprint density at radius 1 is 1.56 bits per heavy atom. The molecule has 100 valence electrons. The van der Waals surface area contributed by atoms with Gasteiger partial charge < -0.3 is 5.32 Å². The van der Waals surface area contributed by atoms with E-state index < -0.39 is 10.7 Å². The molecule has 0 saturated heterocycles. The summed E-state index contributed by atoms with van der Waals surface area (Å²) < 4.78 is 13.5. The summed E-state index contributed by atoms with van der Waals surface area (Å²) in [7, 11) is 0. The first-order valence-electron chi connectivity index (χ1n) is 5.85. The van der Waals surface area contributed by atoms with E-state index in [1.807, 2.05) is 6.92 Å². The van der Waals surface area contributed by atoms with E-state index in [-0.39, 0.29) is 21.9 Å². The molecular weight excluding hydrogens is 303 g/mol. The molecule has 0 heterocycles. The summed E-state index contributed by atoms with van der Waals surface area (Å²) in [4.78, 5) is 10.4. The molecule has 0 bridgehead atoms. The summed E-state index contributed by atoms with van der Waals surface area (Å²) in [6.45, 7) is 4.01. The van der Waals surface area contributed by atoms with Crippen molar-refractivity contribution in [1.82, 2.24) is 0 Å². The highest BCUT2D eigenvalue weighted by Gasteiger charge is 2.18. The molecule has 1 atom stereocenters. The molecule has 0 aliphatic heterocycles. The fourth-order valence-electron chi connectivity index (χ4n) is 1.65. The summed E-state index contributed by atoms with van der Waals surface area (Å²) in [6, 6.07) is 2.42. The molecule has 0 radical (unpaired) electrons. The molecule has 1 N–H and O–H groups in total. The monoisotopic (exact) mass is 318 g/mol. The van der Waals surface area contributed by atoms with Crippen LogP contribution in [0.25, 0.3) is 0 Å². The summed E-state index contributed by atoms with van der Waals surface area (Å²) in [5, 5.41) is 13.9. The van der Waals surface area contributed by atoms with Gasteiger partial charge in [-0.2, -0.15) is 0 Å². The van der Waals surface area contributed by atoms with Crippen molar-refractivity contribution in [2.75, 3.05) is 5.32 Å². The third-order valence-corrected chi connectivity index (χ3v) is 3.24. The molecule has 0 aliphatic carbocycles. The highest BCUT2D eigenvalue weighted by atomic mass is 79.9. The van der Waals surface area contributed by atoms with Crippen LogP contribution in [0.5, 0.6) is 0 Å². The van der Waals surface area contributed by atoms with Gasteiger partial charge in [-0.3, -0.25) is 10.1 Å². The SMILES string of the molecule is CCCCC(C)Nc1cc(F)c(Br)cc1[N+](=O)[O-]. The molecular formula is C12H16BrFN2O2. The van der Waals surface area contributed by atoms with Crippen LogP contribution in [0, 0.1) is 15.9 Å². The Morgan fingerprint density at radius 3 is 2.78 bits per heavy atom. The molecule has 1 aromatic carbocycles. The minimum atomic E-state index is -0.515. The Bertz CT molecular complexity index is 440. The lowest BCUT2D eigenvalue weighted by Crippen LogP contribution is -2.16. The van der Waals surface area contributed by atoms with Gasteiger partial charge in [0.1, 0.15) is 11.5 Å². The van der Waals surface area contributed by atoms with Gasteiger partial charge in [-0.25, -0.2) is 4.39 Å². The smallest absolute Gasteiger partial charge is 0.293 e. The zero-order valence-electron chi connectivity index (χ0n) is 10.4. The predicted octanol–water partition coefficient (Wildman–Crippen LogP) is 4.49.